The van der Waals surface area contributed by atoms with Crippen molar-refractivity contribution in [3.63, 3.8) is 0 Å². The van der Waals surface area contributed by atoms with Crippen LogP contribution < -0.4 is 0 Å². The summed E-state index contributed by atoms with van der Waals surface area (Å²) in [5, 5.41) is 0. The summed E-state index contributed by atoms with van der Waals surface area (Å²) in [5.41, 5.74) is 0. The Morgan fingerprint density at radius 3 is 1.79 bits per heavy atom. The summed E-state index contributed by atoms with van der Waals surface area (Å²) in [4.78, 5) is 0. The molecule has 1 aliphatic heterocycles. The minimum absolute atomic E-state index is 0.244. The van der Waals surface area contributed by atoms with Gasteiger partial charge in [0.05, 0.1) is 0 Å². The Morgan fingerprint density at radius 2 is 1.47 bits per heavy atom. The average molecular weight is 303 g/mol. The zero-order valence-corrected chi connectivity index (χ0v) is 15.0. The molecular formula is C14H30O3Si2. The van der Waals surface area contributed by atoms with Crippen LogP contribution in [0.2, 0.25) is 24.2 Å². The van der Waals surface area contributed by atoms with Gasteiger partial charge in [-0.15, -0.1) is 13.2 Å². The van der Waals surface area contributed by atoms with Crippen LogP contribution in [0, 0.1) is 0 Å². The summed E-state index contributed by atoms with van der Waals surface area (Å²) in [6, 6.07) is 5.22. The van der Waals surface area contributed by atoms with Crippen molar-refractivity contribution < 1.29 is 13.3 Å². The van der Waals surface area contributed by atoms with Gasteiger partial charge in [-0.2, -0.15) is 0 Å². The second kappa shape index (κ2) is 11.6. The SMILES string of the molecule is C=CC[SiH]1CCCCC1.C=CC[Si](OC)(OC)OC. The largest absolute Gasteiger partial charge is 0.504 e. The van der Waals surface area contributed by atoms with Gasteiger partial charge in [0.1, 0.15) is 0 Å². The number of rotatable bonds is 7. The number of hydrogen-bond donors (Lipinski definition) is 0. The predicted octanol–water partition coefficient (Wildman–Crippen LogP) is 3.63. The van der Waals surface area contributed by atoms with Crippen molar-refractivity contribution in [3.05, 3.63) is 25.3 Å². The van der Waals surface area contributed by atoms with Crippen molar-refractivity contribution in [3.8, 4) is 0 Å². The highest BCUT2D eigenvalue weighted by Crippen LogP contribution is 2.21. The summed E-state index contributed by atoms with van der Waals surface area (Å²) in [6.07, 6.45) is 8.40. The fourth-order valence-electron chi connectivity index (χ4n) is 2.34. The minimum atomic E-state index is -2.34. The number of allylic oxidation sites excluding steroid dienone is 2. The first-order valence-corrected chi connectivity index (χ1v) is 11.4. The smallest absolute Gasteiger partial charge is 0.377 e. The summed E-state index contributed by atoms with van der Waals surface area (Å²) in [5.74, 6) is 0. The Morgan fingerprint density at radius 1 is 0.947 bits per heavy atom. The molecule has 0 aromatic heterocycles. The molecule has 112 valence electrons. The van der Waals surface area contributed by atoms with E-state index in [1.807, 2.05) is 0 Å². The summed E-state index contributed by atoms with van der Waals surface area (Å²) in [7, 11) is 2.18. The monoisotopic (exact) mass is 302 g/mol. The maximum Gasteiger partial charge on any atom is 0.504 e. The number of hydrogen-bond acceptors (Lipinski definition) is 3. The molecular weight excluding hydrogens is 272 g/mol. The van der Waals surface area contributed by atoms with Crippen LogP contribution in [0.15, 0.2) is 25.3 Å². The third kappa shape index (κ3) is 7.84. The standard InChI is InChI=1S/C8H16Si.C6H14O3Si/c1-2-6-9-7-4-3-5-8-9;1-5-6-10(7-2,8-3)9-4/h2,9H,1,3-8H2;5H,1,6H2,2-4H3. The lowest BCUT2D eigenvalue weighted by molar-refractivity contribution is 0.127. The Hall–Kier alpha value is -0.206. The molecule has 1 saturated heterocycles. The van der Waals surface area contributed by atoms with Crippen molar-refractivity contribution in [1.29, 1.82) is 0 Å². The molecule has 0 atom stereocenters. The zero-order valence-electron chi connectivity index (χ0n) is 12.8. The lowest BCUT2D eigenvalue weighted by Crippen LogP contribution is -2.41. The van der Waals surface area contributed by atoms with Gasteiger partial charge >= 0.3 is 8.80 Å². The fourth-order valence-corrected chi connectivity index (χ4v) is 6.65. The van der Waals surface area contributed by atoms with Gasteiger partial charge in [0.25, 0.3) is 0 Å². The van der Waals surface area contributed by atoms with E-state index < -0.39 is 8.80 Å². The first-order chi connectivity index (χ1) is 9.17. The molecule has 0 bridgehead atoms. The molecule has 1 heterocycles. The molecule has 5 heteroatoms. The van der Waals surface area contributed by atoms with E-state index in [0.29, 0.717) is 6.04 Å². The molecule has 0 saturated carbocycles. The van der Waals surface area contributed by atoms with Crippen LogP contribution in [0.1, 0.15) is 19.3 Å². The summed E-state index contributed by atoms with van der Waals surface area (Å²) < 4.78 is 15.3. The van der Waals surface area contributed by atoms with Crippen molar-refractivity contribution in [1.82, 2.24) is 0 Å². The van der Waals surface area contributed by atoms with E-state index in [-0.39, 0.29) is 8.80 Å². The van der Waals surface area contributed by atoms with Crippen LogP contribution in [0.4, 0.5) is 0 Å². The third-order valence-electron chi connectivity index (χ3n) is 3.55. The minimum Gasteiger partial charge on any atom is -0.377 e. The van der Waals surface area contributed by atoms with Crippen molar-refractivity contribution in [2.45, 2.75) is 43.4 Å². The lowest BCUT2D eigenvalue weighted by atomic mass is 10.3. The molecule has 3 nitrogen and oxygen atoms in total. The normalized spacial score (nSPS) is 16.4. The topological polar surface area (TPSA) is 27.7 Å². The van der Waals surface area contributed by atoms with Gasteiger partial charge in [0, 0.05) is 36.2 Å². The van der Waals surface area contributed by atoms with Gasteiger partial charge in [-0.05, 0) is 6.04 Å². The molecule has 0 N–H and O–H groups in total. The van der Waals surface area contributed by atoms with Crippen molar-refractivity contribution in [2.75, 3.05) is 21.3 Å². The lowest BCUT2D eigenvalue weighted by Gasteiger charge is -2.22. The van der Waals surface area contributed by atoms with Crippen molar-refractivity contribution in [2.24, 2.45) is 0 Å². The maximum atomic E-state index is 5.10. The first-order valence-electron chi connectivity index (χ1n) is 7.05. The molecule has 0 amide bonds. The molecule has 1 rings (SSSR count). The Balaban J connectivity index is 0.000000342. The van der Waals surface area contributed by atoms with E-state index in [9.17, 15) is 0 Å². The maximum absolute atomic E-state index is 5.10. The third-order valence-corrected chi connectivity index (χ3v) is 9.66. The van der Waals surface area contributed by atoms with E-state index in [4.69, 9.17) is 13.3 Å². The van der Waals surface area contributed by atoms with Crippen LogP contribution in [0.3, 0.4) is 0 Å². The molecule has 0 aromatic carbocycles. The van der Waals surface area contributed by atoms with E-state index >= 15 is 0 Å². The molecule has 1 aliphatic rings. The summed E-state index contributed by atoms with van der Waals surface area (Å²) in [6.45, 7) is 7.37. The van der Waals surface area contributed by atoms with Crippen molar-refractivity contribution >= 4 is 17.6 Å². The van der Waals surface area contributed by atoms with Gasteiger partial charge in [0.15, 0.2) is 0 Å². The highest BCUT2D eigenvalue weighted by molar-refractivity contribution is 6.61. The van der Waals surface area contributed by atoms with Crippen LogP contribution in [0.25, 0.3) is 0 Å². The Bertz CT molecular complexity index is 229. The van der Waals surface area contributed by atoms with Gasteiger partial charge in [-0.25, -0.2) is 0 Å². The Kier molecular flexibility index (Phi) is 11.5. The molecule has 19 heavy (non-hydrogen) atoms. The fraction of sp³-hybridized carbons (Fsp3) is 0.714. The van der Waals surface area contributed by atoms with Crippen LogP contribution in [-0.4, -0.2) is 38.9 Å². The second-order valence-electron chi connectivity index (χ2n) is 4.82. The summed E-state index contributed by atoms with van der Waals surface area (Å²) >= 11 is 0. The molecule has 1 fully saturated rings. The van der Waals surface area contributed by atoms with E-state index in [1.54, 1.807) is 39.5 Å². The predicted molar refractivity (Wildman–Crippen MR) is 87.4 cm³/mol. The molecule has 0 unspecified atom stereocenters. The molecule has 0 aromatic rings. The van der Waals surface area contributed by atoms with Gasteiger partial charge < -0.3 is 13.3 Å². The highest BCUT2D eigenvalue weighted by Gasteiger charge is 2.35. The van der Waals surface area contributed by atoms with Crippen LogP contribution in [0.5, 0.6) is 0 Å². The zero-order chi connectivity index (χ0) is 14.6. The van der Waals surface area contributed by atoms with Gasteiger partial charge in [-0.3, -0.25) is 0 Å². The highest BCUT2D eigenvalue weighted by atomic mass is 28.4. The van der Waals surface area contributed by atoms with Crippen LogP contribution >= 0.6 is 0 Å². The first kappa shape index (κ1) is 18.8. The Labute approximate surface area is 121 Å². The molecule has 0 aliphatic carbocycles. The van der Waals surface area contributed by atoms with Gasteiger partial charge in [-0.1, -0.05) is 43.5 Å². The second-order valence-corrected chi connectivity index (χ2v) is 11.2. The average Bonchev–Trinajstić information content (AvgIpc) is 2.47. The van der Waals surface area contributed by atoms with E-state index in [1.165, 1.54) is 25.3 Å². The van der Waals surface area contributed by atoms with Gasteiger partial charge in [0.2, 0.25) is 0 Å². The van der Waals surface area contributed by atoms with E-state index in [2.05, 4.69) is 19.2 Å². The molecule has 0 radical (unpaired) electrons. The quantitative estimate of drug-likeness (QED) is 0.531. The van der Waals surface area contributed by atoms with Crippen LogP contribution in [-0.2, 0) is 13.3 Å². The van der Waals surface area contributed by atoms with E-state index in [0.717, 1.165) is 0 Å². The molecule has 0 spiro atoms.